The molecular formula is C22H27NO5. The Labute approximate surface area is 165 Å². The Morgan fingerprint density at radius 2 is 1.57 bits per heavy atom. The Balaban J connectivity index is 2.16. The van der Waals surface area contributed by atoms with Crippen LogP contribution in [-0.2, 0) is 12.8 Å². The zero-order chi connectivity index (χ0) is 20.0. The van der Waals surface area contributed by atoms with Gasteiger partial charge in [-0.25, -0.2) is 0 Å². The van der Waals surface area contributed by atoms with Crippen LogP contribution in [0.5, 0.6) is 28.7 Å². The van der Waals surface area contributed by atoms with E-state index in [0.29, 0.717) is 23.0 Å². The highest BCUT2D eigenvalue weighted by Gasteiger charge is 2.37. The lowest BCUT2D eigenvalue weighted by Gasteiger charge is -2.36. The molecule has 28 heavy (non-hydrogen) atoms. The van der Waals surface area contributed by atoms with Crippen LogP contribution in [0.1, 0.15) is 29.2 Å². The Hall–Kier alpha value is -2.60. The smallest absolute Gasteiger partial charge is 0.203 e. The molecule has 0 fully saturated rings. The van der Waals surface area contributed by atoms with E-state index in [4.69, 9.17) is 18.9 Å². The van der Waals surface area contributed by atoms with Gasteiger partial charge in [0.1, 0.15) is 0 Å². The number of methoxy groups -OCH3 is 4. The van der Waals surface area contributed by atoms with Crippen LogP contribution in [0, 0.1) is 0 Å². The number of ether oxygens (including phenoxy) is 4. The van der Waals surface area contributed by atoms with Crippen LogP contribution in [0.4, 0.5) is 0 Å². The Bertz CT molecular complexity index is 924. The van der Waals surface area contributed by atoms with E-state index in [1.165, 1.54) is 18.2 Å². The topological polar surface area (TPSA) is 60.4 Å². The molecule has 0 saturated carbocycles. The number of aryl methyl sites for hydroxylation is 1. The van der Waals surface area contributed by atoms with Crippen LogP contribution in [-0.4, -0.2) is 52.0 Å². The van der Waals surface area contributed by atoms with Crippen LogP contribution >= 0.6 is 0 Å². The fourth-order valence-corrected chi connectivity index (χ4v) is 4.77. The van der Waals surface area contributed by atoms with Crippen molar-refractivity contribution in [1.29, 1.82) is 0 Å². The largest absolute Gasteiger partial charge is 0.504 e. The highest BCUT2D eigenvalue weighted by atomic mass is 16.5. The quantitative estimate of drug-likeness (QED) is 0.868. The Kier molecular flexibility index (Phi) is 4.75. The summed E-state index contributed by atoms with van der Waals surface area (Å²) in [5.41, 5.74) is 5.46. The first-order chi connectivity index (χ1) is 13.5. The first kappa shape index (κ1) is 18.7. The predicted octanol–water partition coefficient (Wildman–Crippen LogP) is 3.57. The molecule has 0 amide bonds. The molecule has 0 bridgehead atoms. The van der Waals surface area contributed by atoms with Gasteiger partial charge in [-0.15, -0.1) is 0 Å². The van der Waals surface area contributed by atoms with Crippen molar-refractivity contribution in [3.05, 3.63) is 28.8 Å². The summed E-state index contributed by atoms with van der Waals surface area (Å²) in [6, 6.07) is 4.16. The van der Waals surface area contributed by atoms with Gasteiger partial charge in [-0.3, -0.25) is 4.90 Å². The van der Waals surface area contributed by atoms with E-state index >= 15 is 0 Å². The van der Waals surface area contributed by atoms with Gasteiger partial charge in [0, 0.05) is 23.7 Å². The predicted molar refractivity (Wildman–Crippen MR) is 107 cm³/mol. The van der Waals surface area contributed by atoms with E-state index in [-0.39, 0.29) is 11.8 Å². The summed E-state index contributed by atoms with van der Waals surface area (Å²) in [7, 11) is 8.63. The van der Waals surface area contributed by atoms with Crippen molar-refractivity contribution in [3.8, 4) is 39.9 Å². The minimum absolute atomic E-state index is 0.0865. The molecule has 0 saturated heterocycles. The van der Waals surface area contributed by atoms with E-state index in [1.807, 2.05) is 0 Å². The lowest BCUT2D eigenvalue weighted by molar-refractivity contribution is 0.220. The summed E-state index contributed by atoms with van der Waals surface area (Å²) < 4.78 is 22.8. The molecule has 6 nitrogen and oxygen atoms in total. The number of nitrogens with zero attached hydrogens (tertiary/aromatic N) is 1. The van der Waals surface area contributed by atoms with E-state index < -0.39 is 0 Å². The molecule has 1 heterocycles. The van der Waals surface area contributed by atoms with E-state index in [1.54, 1.807) is 27.4 Å². The number of aromatic hydroxyl groups is 1. The van der Waals surface area contributed by atoms with Crippen molar-refractivity contribution in [2.45, 2.75) is 25.3 Å². The van der Waals surface area contributed by atoms with E-state index in [0.717, 1.165) is 42.5 Å². The second kappa shape index (κ2) is 7.09. The molecule has 0 unspecified atom stereocenters. The fourth-order valence-electron chi connectivity index (χ4n) is 4.77. The second-order valence-corrected chi connectivity index (χ2v) is 7.34. The molecule has 0 radical (unpaired) electrons. The molecule has 1 aliphatic carbocycles. The molecule has 0 aromatic heterocycles. The Morgan fingerprint density at radius 3 is 2.21 bits per heavy atom. The van der Waals surface area contributed by atoms with E-state index in [9.17, 15) is 5.11 Å². The van der Waals surface area contributed by atoms with Crippen LogP contribution in [0.2, 0.25) is 0 Å². The second-order valence-electron chi connectivity index (χ2n) is 7.34. The number of hydrogen-bond donors (Lipinski definition) is 1. The number of benzene rings is 2. The van der Waals surface area contributed by atoms with Crippen molar-refractivity contribution in [3.63, 3.8) is 0 Å². The molecule has 150 valence electrons. The minimum Gasteiger partial charge on any atom is -0.504 e. The standard InChI is InChI=1S/C22H27NO5/c1-23-9-8-13-11-16(25-2)21(27-4)19-17(13)14(23)7-6-12-10-15(24)20(26-3)22(28-5)18(12)19/h10-11,14,24H,6-9H2,1-5H3/t14-/m0/s1. The van der Waals surface area contributed by atoms with E-state index in [2.05, 4.69) is 18.0 Å². The van der Waals surface area contributed by atoms with Crippen molar-refractivity contribution in [2.75, 3.05) is 42.0 Å². The van der Waals surface area contributed by atoms with Crippen molar-refractivity contribution in [2.24, 2.45) is 0 Å². The maximum atomic E-state index is 10.5. The van der Waals surface area contributed by atoms with Gasteiger partial charge < -0.3 is 24.1 Å². The van der Waals surface area contributed by atoms with Crippen LogP contribution in [0.25, 0.3) is 11.1 Å². The molecule has 1 N–H and O–H groups in total. The molecule has 0 spiro atoms. The molecule has 6 heteroatoms. The SMILES string of the molecule is COc1cc2c3c(c1OC)-c1c(cc(O)c(OC)c1OC)CC[C@@H]3N(C)CC2. The average Bonchev–Trinajstić information content (AvgIpc) is 2.87. The molecule has 2 aliphatic rings. The highest BCUT2D eigenvalue weighted by Crippen LogP contribution is 2.56. The van der Waals surface area contributed by atoms with Gasteiger partial charge in [0.15, 0.2) is 23.0 Å². The summed E-state index contributed by atoms with van der Waals surface area (Å²) in [6.07, 6.45) is 2.72. The summed E-state index contributed by atoms with van der Waals surface area (Å²) in [6.45, 7) is 0.995. The van der Waals surface area contributed by atoms with Gasteiger partial charge in [0.25, 0.3) is 0 Å². The number of fused-ring (bicyclic) bond motifs is 2. The molecule has 1 aliphatic heterocycles. The summed E-state index contributed by atoms with van der Waals surface area (Å²) in [5.74, 6) is 2.35. The van der Waals surface area contributed by atoms with Gasteiger partial charge >= 0.3 is 0 Å². The molecule has 2 aromatic rings. The zero-order valence-corrected chi connectivity index (χ0v) is 17.1. The third-order valence-corrected chi connectivity index (χ3v) is 6.04. The lowest BCUT2D eigenvalue weighted by atomic mass is 9.85. The van der Waals surface area contributed by atoms with Crippen LogP contribution in [0.15, 0.2) is 12.1 Å². The lowest BCUT2D eigenvalue weighted by Crippen LogP contribution is -2.32. The van der Waals surface area contributed by atoms with Gasteiger partial charge in [-0.05, 0) is 55.1 Å². The third kappa shape index (κ3) is 2.58. The molecular weight excluding hydrogens is 358 g/mol. The minimum atomic E-state index is 0.0865. The first-order valence-electron chi connectivity index (χ1n) is 9.50. The summed E-state index contributed by atoms with van der Waals surface area (Å²) in [4.78, 5) is 2.40. The van der Waals surface area contributed by atoms with Gasteiger partial charge in [0.05, 0.1) is 28.4 Å². The van der Waals surface area contributed by atoms with Gasteiger partial charge in [0.2, 0.25) is 5.75 Å². The van der Waals surface area contributed by atoms with Gasteiger partial charge in [-0.2, -0.15) is 0 Å². The van der Waals surface area contributed by atoms with Crippen molar-refractivity contribution >= 4 is 0 Å². The average molecular weight is 385 g/mol. The normalized spacial score (nSPS) is 18.0. The summed E-state index contributed by atoms with van der Waals surface area (Å²) in [5, 5.41) is 10.5. The molecule has 4 rings (SSSR count). The van der Waals surface area contributed by atoms with Crippen LogP contribution in [0.3, 0.4) is 0 Å². The van der Waals surface area contributed by atoms with Crippen molar-refractivity contribution < 1.29 is 24.1 Å². The molecule has 1 atom stereocenters. The number of phenols is 1. The third-order valence-electron chi connectivity index (χ3n) is 6.04. The number of rotatable bonds is 4. The number of phenolic OH excluding ortho intramolecular Hbond substituents is 1. The first-order valence-corrected chi connectivity index (χ1v) is 9.50. The monoisotopic (exact) mass is 385 g/mol. The van der Waals surface area contributed by atoms with Crippen molar-refractivity contribution in [1.82, 2.24) is 4.90 Å². The summed E-state index contributed by atoms with van der Waals surface area (Å²) >= 11 is 0. The maximum absolute atomic E-state index is 10.5. The fraction of sp³-hybridized carbons (Fsp3) is 0.455. The van der Waals surface area contributed by atoms with Crippen LogP contribution < -0.4 is 18.9 Å². The number of likely N-dealkylation sites (N-methyl/N-ethyl adjacent to an activating group) is 1. The number of hydrogen-bond acceptors (Lipinski definition) is 6. The maximum Gasteiger partial charge on any atom is 0.203 e. The highest BCUT2D eigenvalue weighted by molar-refractivity contribution is 5.88. The molecule has 2 aromatic carbocycles. The zero-order valence-electron chi connectivity index (χ0n) is 17.1. The van der Waals surface area contributed by atoms with Gasteiger partial charge in [-0.1, -0.05) is 0 Å². The Morgan fingerprint density at radius 1 is 0.857 bits per heavy atom.